The summed E-state index contributed by atoms with van der Waals surface area (Å²) < 4.78 is 5.24. The van der Waals surface area contributed by atoms with E-state index in [2.05, 4.69) is 5.16 Å². The lowest BCUT2D eigenvalue weighted by Gasteiger charge is -2.14. The summed E-state index contributed by atoms with van der Waals surface area (Å²) in [4.78, 5) is 13.1. The molecule has 0 radical (unpaired) electrons. The van der Waals surface area contributed by atoms with Crippen LogP contribution in [0.5, 0.6) is 5.75 Å². The molecule has 1 aromatic carbocycles. The molecule has 18 heavy (non-hydrogen) atoms. The Balaban J connectivity index is 2.19. The van der Waals surface area contributed by atoms with Gasteiger partial charge in [0, 0.05) is 19.2 Å². The summed E-state index contributed by atoms with van der Waals surface area (Å²) in [7, 11) is 1.68. The van der Waals surface area contributed by atoms with Crippen molar-refractivity contribution in [1.29, 1.82) is 0 Å². The summed E-state index contributed by atoms with van der Waals surface area (Å²) in [5.74, 6) is 0.474. The first-order chi connectivity index (χ1) is 8.65. The average molecular weight is 248 g/mol. The molecule has 5 nitrogen and oxygen atoms in total. The van der Waals surface area contributed by atoms with Crippen LogP contribution in [0.3, 0.4) is 0 Å². The lowest BCUT2D eigenvalue weighted by atomic mass is 10.1. The molecule has 0 aliphatic heterocycles. The van der Waals surface area contributed by atoms with E-state index in [4.69, 9.17) is 9.94 Å². The van der Waals surface area contributed by atoms with E-state index in [1.807, 2.05) is 13.0 Å². The van der Waals surface area contributed by atoms with Crippen molar-refractivity contribution in [3.8, 4) is 5.75 Å². The van der Waals surface area contributed by atoms with Gasteiger partial charge in [0.25, 0.3) is 0 Å². The molecule has 0 atom stereocenters. The Bertz CT molecular complexity index is 497. The fourth-order valence-corrected chi connectivity index (χ4v) is 1.91. The number of hydrogen-bond acceptors (Lipinski definition) is 4. The van der Waals surface area contributed by atoms with Crippen LogP contribution in [0.4, 0.5) is 4.79 Å². The van der Waals surface area contributed by atoms with E-state index < -0.39 is 6.09 Å². The molecule has 0 fully saturated rings. The van der Waals surface area contributed by atoms with E-state index >= 15 is 0 Å². The quantitative estimate of drug-likeness (QED) is 0.645. The van der Waals surface area contributed by atoms with E-state index in [0.717, 1.165) is 24.0 Å². The van der Waals surface area contributed by atoms with Gasteiger partial charge in [-0.25, -0.2) is 4.79 Å². The molecule has 96 valence electrons. The number of carbonyl (C=O) groups is 1. The highest BCUT2D eigenvalue weighted by molar-refractivity contribution is 6.04. The van der Waals surface area contributed by atoms with Gasteiger partial charge < -0.3 is 14.8 Å². The number of carbonyl (C=O) groups excluding carboxylic acids is 1. The minimum absolute atomic E-state index is 0.391. The second kappa shape index (κ2) is 5.08. The van der Waals surface area contributed by atoms with Gasteiger partial charge in [-0.15, -0.1) is 0 Å². The van der Waals surface area contributed by atoms with Crippen molar-refractivity contribution in [2.24, 2.45) is 5.16 Å². The van der Waals surface area contributed by atoms with Gasteiger partial charge in [0.1, 0.15) is 5.75 Å². The molecule has 0 saturated carbocycles. The number of hydrogen-bond donors (Lipinski definition) is 1. The zero-order valence-corrected chi connectivity index (χ0v) is 10.5. The third-order valence-corrected chi connectivity index (χ3v) is 3.14. The standard InChI is InChI=1S/C13H16N2O3/c1-3-15(2)13(16)18-10-6-4-9-5-7-12(14-17)11(9)8-10/h4,6,8,17H,3,5,7H2,1-2H3/b14-12+. The molecular weight excluding hydrogens is 232 g/mol. The Labute approximate surface area is 106 Å². The Morgan fingerprint density at radius 2 is 2.28 bits per heavy atom. The topological polar surface area (TPSA) is 62.1 Å². The lowest BCUT2D eigenvalue weighted by molar-refractivity contribution is 0.165. The Morgan fingerprint density at radius 1 is 1.50 bits per heavy atom. The maximum Gasteiger partial charge on any atom is 0.414 e. The van der Waals surface area contributed by atoms with Gasteiger partial charge in [-0.05, 0) is 37.5 Å². The maximum absolute atomic E-state index is 11.6. The zero-order chi connectivity index (χ0) is 13.1. The Morgan fingerprint density at radius 3 is 2.94 bits per heavy atom. The molecule has 5 heteroatoms. The molecule has 0 heterocycles. The second-order valence-corrected chi connectivity index (χ2v) is 4.25. The summed E-state index contributed by atoms with van der Waals surface area (Å²) in [5.41, 5.74) is 2.63. The highest BCUT2D eigenvalue weighted by atomic mass is 16.6. The fraction of sp³-hybridized carbons (Fsp3) is 0.385. The normalized spacial score (nSPS) is 15.6. The van der Waals surface area contributed by atoms with Crippen LogP contribution in [0.2, 0.25) is 0 Å². The van der Waals surface area contributed by atoms with E-state index in [1.165, 1.54) is 4.90 Å². The fourth-order valence-electron chi connectivity index (χ4n) is 1.91. The average Bonchev–Trinajstić information content (AvgIpc) is 2.79. The number of amides is 1. The molecule has 0 unspecified atom stereocenters. The van der Waals surface area contributed by atoms with Crippen LogP contribution in [-0.4, -0.2) is 35.5 Å². The highest BCUT2D eigenvalue weighted by Gasteiger charge is 2.19. The summed E-state index contributed by atoms with van der Waals surface area (Å²) >= 11 is 0. The third kappa shape index (κ3) is 2.30. The molecule has 0 saturated heterocycles. The number of benzene rings is 1. The molecule has 1 N–H and O–H groups in total. The van der Waals surface area contributed by atoms with Gasteiger partial charge >= 0.3 is 6.09 Å². The summed E-state index contributed by atoms with van der Waals surface area (Å²) in [5, 5.41) is 12.1. The van der Waals surface area contributed by atoms with Gasteiger partial charge in [0.05, 0.1) is 5.71 Å². The van der Waals surface area contributed by atoms with Crippen molar-refractivity contribution in [1.82, 2.24) is 4.90 Å². The second-order valence-electron chi connectivity index (χ2n) is 4.25. The number of aryl methyl sites for hydroxylation is 1. The molecule has 0 spiro atoms. The van der Waals surface area contributed by atoms with Crippen LogP contribution in [0.1, 0.15) is 24.5 Å². The van der Waals surface area contributed by atoms with Gasteiger partial charge in [-0.3, -0.25) is 0 Å². The number of oxime groups is 1. The molecule has 1 aromatic rings. The van der Waals surface area contributed by atoms with Crippen molar-refractivity contribution in [3.05, 3.63) is 29.3 Å². The van der Waals surface area contributed by atoms with Crippen molar-refractivity contribution in [2.45, 2.75) is 19.8 Å². The van der Waals surface area contributed by atoms with Crippen molar-refractivity contribution in [3.63, 3.8) is 0 Å². The SMILES string of the molecule is CCN(C)C(=O)Oc1ccc2c(c1)/C(=N/O)CC2. The molecular formula is C13H16N2O3. The number of rotatable bonds is 2. The predicted molar refractivity (Wildman–Crippen MR) is 67.4 cm³/mol. The van der Waals surface area contributed by atoms with E-state index in [9.17, 15) is 4.79 Å². The van der Waals surface area contributed by atoms with Gasteiger partial charge in [0.15, 0.2) is 0 Å². The minimum atomic E-state index is -0.391. The summed E-state index contributed by atoms with van der Waals surface area (Å²) in [6.45, 7) is 2.47. The summed E-state index contributed by atoms with van der Waals surface area (Å²) in [6.07, 6.45) is 1.19. The van der Waals surface area contributed by atoms with Crippen molar-refractivity contribution < 1.29 is 14.7 Å². The number of fused-ring (bicyclic) bond motifs is 1. The predicted octanol–water partition coefficient (Wildman–Crippen LogP) is 2.26. The first-order valence-electron chi connectivity index (χ1n) is 5.93. The molecule has 2 rings (SSSR count). The van der Waals surface area contributed by atoms with Gasteiger partial charge in [-0.2, -0.15) is 0 Å². The van der Waals surface area contributed by atoms with Crippen LogP contribution >= 0.6 is 0 Å². The molecule has 1 amide bonds. The molecule has 0 bridgehead atoms. The number of nitrogens with zero attached hydrogens (tertiary/aromatic N) is 2. The molecule has 1 aliphatic rings. The largest absolute Gasteiger partial charge is 0.414 e. The Hall–Kier alpha value is -2.04. The highest BCUT2D eigenvalue weighted by Crippen LogP contribution is 2.26. The Kier molecular flexibility index (Phi) is 3.50. The summed E-state index contributed by atoms with van der Waals surface area (Å²) in [6, 6.07) is 5.42. The van der Waals surface area contributed by atoms with Crippen LogP contribution < -0.4 is 4.74 Å². The van der Waals surface area contributed by atoms with Gasteiger partial charge in [0.2, 0.25) is 0 Å². The monoisotopic (exact) mass is 248 g/mol. The van der Waals surface area contributed by atoms with E-state index in [1.54, 1.807) is 19.2 Å². The smallest absolute Gasteiger partial charge is 0.411 e. The van der Waals surface area contributed by atoms with Crippen LogP contribution in [-0.2, 0) is 6.42 Å². The van der Waals surface area contributed by atoms with E-state index in [0.29, 0.717) is 18.0 Å². The maximum atomic E-state index is 11.6. The van der Waals surface area contributed by atoms with Crippen molar-refractivity contribution in [2.75, 3.05) is 13.6 Å². The zero-order valence-electron chi connectivity index (χ0n) is 10.5. The lowest BCUT2D eigenvalue weighted by Crippen LogP contribution is -2.29. The third-order valence-electron chi connectivity index (χ3n) is 3.14. The van der Waals surface area contributed by atoms with Crippen LogP contribution in [0, 0.1) is 0 Å². The molecule has 0 aromatic heterocycles. The minimum Gasteiger partial charge on any atom is -0.411 e. The first kappa shape index (κ1) is 12.4. The van der Waals surface area contributed by atoms with Crippen LogP contribution in [0.15, 0.2) is 23.4 Å². The number of ether oxygens (including phenoxy) is 1. The molecule has 1 aliphatic carbocycles. The van der Waals surface area contributed by atoms with Crippen LogP contribution in [0.25, 0.3) is 0 Å². The first-order valence-corrected chi connectivity index (χ1v) is 5.93. The van der Waals surface area contributed by atoms with Gasteiger partial charge in [-0.1, -0.05) is 11.2 Å². The van der Waals surface area contributed by atoms with Crippen molar-refractivity contribution >= 4 is 11.8 Å². The van der Waals surface area contributed by atoms with E-state index in [-0.39, 0.29) is 0 Å².